The molecule has 3 atom stereocenters. The van der Waals surface area contributed by atoms with Crippen LogP contribution in [0.15, 0.2) is 70.3 Å². The van der Waals surface area contributed by atoms with Gasteiger partial charge in [0.15, 0.2) is 10.8 Å². The second-order valence-corrected chi connectivity index (χ2v) is 12.0. The molecule has 1 unspecified atom stereocenters. The van der Waals surface area contributed by atoms with Crippen molar-refractivity contribution in [1.29, 1.82) is 0 Å². The van der Waals surface area contributed by atoms with E-state index in [2.05, 4.69) is 15.2 Å². The minimum absolute atomic E-state index is 0.000703. The highest BCUT2D eigenvalue weighted by Gasteiger charge is 2.44. The molecular weight excluding hydrogens is 585 g/mol. The van der Waals surface area contributed by atoms with E-state index in [9.17, 15) is 23.9 Å². The molecule has 6 rings (SSSR count). The molecule has 228 valence electrons. The van der Waals surface area contributed by atoms with Crippen LogP contribution in [-0.4, -0.2) is 71.5 Å². The van der Waals surface area contributed by atoms with Crippen molar-refractivity contribution in [1.82, 2.24) is 15.2 Å². The Bertz CT molecular complexity index is 1670. The molecule has 3 aromatic rings. The maximum absolute atomic E-state index is 14.7. The number of amidine groups is 1. The van der Waals surface area contributed by atoms with Crippen LogP contribution in [0.3, 0.4) is 0 Å². The van der Waals surface area contributed by atoms with E-state index in [1.165, 1.54) is 29.5 Å². The number of halogens is 1. The van der Waals surface area contributed by atoms with E-state index in [-0.39, 0.29) is 35.7 Å². The minimum Gasteiger partial charge on any atom is -0.478 e. The Hall–Kier alpha value is -4.42. The molecule has 2 N–H and O–H groups in total. The van der Waals surface area contributed by atoms with E-state index in [0.717, 1.165) is 0 Å². The minimum atomic E-state index is -1.04. The lowest BCUT2D eigenvalue weighted by molar-refractivity contribution is -0.139. The van der Waals surface area contributed by atoms with Crippen LogP contribution < -0.4 is 10.2 Å². The van der Waals surface area contributed by atoms with Crippen LogP contribution in [0.5, 0.6) is 0 Å². The van der Waals surface area contributed by atoms with E-state index < -0.39 is 18.0 Å². The van der Waals surface area contributed by atoms with Gasteiger partial charge in [-0.3, -0.25) is 14.7 Å². The summed E-state index contributed by atoms with van der Waals surface area (Å²) in [6, 6.07) is 10.4. The third kappa shape index (κ3) is 5.62. The van der Waals surface area contributed by atoms with Crippen LogP contribution in [0.4, 0.5) is 10.1 Å². The van der Waals surface area contributed by atoms with Crippen molar-refractivity contribution in [3.8, 4) is 0 Å². The molecule has 0 radical (unpaired) electrons. The summed E-state index contributed by atoms with van der Waals surface area (Å²) in [5.74, 6) is -1.61. The van der Waals surface area contributed by atoms with Crippen LogP contribution in [0.2, 0.25) is 0 Å². The number of aromatic carboxylic acids is 1. The van der Waals surface area contributed by atoms with Gasteiger partial charge in [0.2, 0.25) is 5.91 Å². The number of carbonyl (C=O) groups is 3. The largest absolute Gasteiger partial charge is 0.478 e. The maximum atomic E-state index is 14.7. The summed E-state index contributed by atoms with van der Waals surface area (Å²) in [4.78, 5) is 51.6. The number of anilines is 1. The number of rotatable bonds is 8. The van der Waals surface area contributed by atoms with Gasteiger partial charge in [-0.1, -0.05) is 18.2 Å². The van der Waals surface area contributed by atoms with Gasteiger partial charge in [0.25, 0.3) is 0 Å². The Balaban J connectivity index is 1.31. The Morgan fingerprint density at radius 2 is 2.02 bits per heavy atom. The number of piperidine rings is 1. The van der Waals surface area contributed by atoms with Gasteiger partial charge in [0.1, 0.15) is 11.9 Å². The second-order valence-electron chi connectivity index (χ2n) is 11.1. The molecule has 1 aromatic heterocycles. The first-order chi connectivity index (χ1) is 21.2. The van der Waals surface area contributed by atoms with E-state index in [1.54, 1.807) is 49.2 Å². The van der Waals surface area contributed by atoms with Crippen LogP contribution in [0, 0.1) is 24.6 Å². The number of hydrogen-bond donors (Lipinski definition) is 2. The molecule has 0 spiro atoms. The molecule has 2 saturated heterocycles. The average molecular weight is 618 g/mol. The molecular formula is C32H32FN5O5S. The van der Waals surface area contributed by atoms with Gasteiger partial charge in [0.05, 0.1) is 17.7 Å². The Morgan fingerprint density at radius 1 is 1.20 bits per heavy atom. The first kappa shape index (κ1) is 29.6. The van der Waals surface area contributed by atoms with Crippen molar-refractivity contribution in [3.05, 3.63) is 92.8 Å². The number of esters is 1. The van der Waals surface area contributed by atoms with Crippen LogP contribution in [-0.2, 0) is 14.3 Å². The third-order valence-electron chi connectivity index (χ3n) is 8.47. The number of carboxylic acids is 1. The molecule has 3 aliphatic rings. The number of nitrogens with zero attached hydrogens (tertiary/aromatic N) is 4. The molecule has 3 aliphatic heterocycles. The number of hydrogen-bond acceptors (Lipinski definition) is 9. The van der Waals surface area contributed by atoms with Crippen LogP contribution >= 0.6 is 11.3 Å². The van der Waals surface area contributed by atoms with E-state index >= 15 is 0 Å². The van der Waals surface area contributed by atoms with Crippen LogP contribution in [0.25, 0.3) is 0 Å². The summed E-state index contributed by atoms with van der Waals surface area (Å²) < 4.78 is 20.2. The highest BCUT2D eigenvalue weighted by atomic mass is 32.1. The molecule has 44 heavy (non-hydrogen) atoms. The molecule has 0 bridgehead atoms. The molecule has 0 aliphatic carbocycles. The monoisotopic (exact) mass is 617 g/mol. The van der Waals surface area contributed by atoms with Crippen LogP contribution in [0.1, 0.15) is 45.9 Å². The number of carboxylic acid groups (broad SMARTS) is 1. The normalized spacial score (nSPS) is 22.0. The summed E-state index contributed by atoms with van der Waals surface area (Å²) in [5, 5.41) is 15.3. The second kappa shape index (κ2) is 12.3. The number of carbonyl (C=O) groups excluding carboxylic acids is 2. The number of thiazole rings is 1. The number of amides is 1. The predicted molar refractivity (Wildman–Crippen MR) is 163 cm³/mol. The van der Waals surface area contributed by atoms with Crippen molar-refractivity contribution < 1.29 is 28.6 Å². The van der Waals surface area contributed by atoms with Gasteiger partial charge >= 0.3 is 11.9 Å². The van der Waals surface area contributed by atoms with Gasteiger partial charge in [-0.05, 0) is 62.2 Å². The summed E-state index contributed by atoms with van der Waals surface area (Å²) in [5.41, 5.74) is 2.60. The number of likely N-dealkylation sites (tertiary alicyclic amines) is 1. The number of fused-ring (bicyclic) bond motifs is 1. The van der Waals surface area contributed by atoms with Gasteiger partial charge in [-0.25, -0.2) is 19.0 Å². The highest BCUT2D eigenvalue weighted by molar-refractivity contribution is 7.11. The number of benzene rings is 2. The number of aromatic nitrogens is 1. The van der Waals surface area contributed by atoms with Gasteiger partial charge in [-0.15, -0.1) is 11.3 Å². The zero-order valence-corrected chi connectivity index (χ0v) is 25.1. The van der Waals surface area contributed by atoms with Crippen molar-refractivity contribution in [2.45, 2.75) is 26.3 Å². The summed E-state index contributed by atoms with van der Waals surface area (Å²) in [7, 11) is 0. The maximum Gasteiger partial charge on any atom is 0.338 e. The highest BCUT2D eigenvalue weighted by Crippen LogP contribution is 2.38. The topological polar surface area (TPSA) is 124 Å². The average Bonchev–Trinajstić information content (AvgIpc) is 3.67. The predicted octanol–water partition coefficient (Wildman–Crippen LogP) is 4.18. The molecule has 10 nitrogen and oxygen atoms in total. The summed E-state index contributed by atoms with van der Waals surface area (Å²) in [6.07, 6.45) is 2.30. The Labute approximate surface area is 257 Å². The number of nitrogens with one attached hydrogen (secondary N) is 1. The van der Waals surface area contributed by atoms with Gasteiger partial charge in [0, 0.05) is 54.4 Å². The van der Waals surface area contributed by atoms with Crippen molar-refractivity contribution >= 4 is 40.7 Å². The van der Waals surface area contributed by atoms with E-state index in [4.69, 9.17) is 9.73 Å². The zero-order valence-electron chi connectivity index (χ0n) is 24.3. The summed E-state index contributed by atoms with van der Waals surface area (Å²) >= 11 is 1.41. The fraction of sp³-hybridized carbons (Fsp3) is 0.344. The SMILES string of the molecule is CCOC(=O)C1=C(CN2CC[C@@H]3C(=O)N(c4cccc(C(=O)O)c4)C[C@@H]3C2)NC(c2nccs2)=NC1c1cccc(F)c1C. The van der Waals surface area contributed by atoms with Gasteiger partial charge in [-0.2, -0.15) is 0 Å². The first-order valence-electron chi connectivity index (χ1n) is 14.5. The first-order valence-corrected chi connectivity index (χ1v) is 15.4. The fourth-order valence-electron chi connectivity index (χ4n) is 6.31. The van der Waals surface area contributed by atoms with E-state index in [1.807, 2.05) is 5.38 Å². The zero-order chi connectivity index (χ0) is 31.0. The fourth-order valence-corrected chi connectivity index (χ4v) is 6.90. The number of aliphatic imine (C=N–C) groups is 1. The molecule has 4 heterocycles. The van der Waals surface area contributed by atoms with Crippen molar-refractivity contribution in [2.24, 2.45) is 16.8 Å². The lowest BCUT2D eigenvalue weighted by atomic mass is 9.87. The van der Waals surface area contributed by atoms with Crippen molar-refractivity contribution in [2.75, 3.05) is 37.7 Å². The quantitative estimate of drug-likeness (QED) is 0.361. The standard InChI is InChI=1S/C32H32FN5O5S/c1-3-43-32(42)26-25(35-28(29-34-11-13-44-29)36-27(26)22-8-5-9-24(33)18(22)2)17-37-12-10-23-20(15-37)16-38(30(23)39)21-7-4-6-19(14-21)31(40)41/h4-9,11,13-14,20,23,27H,3,10,12,15-17H2,1-2H3,(H,35,36)(H,40,41)/t20-,23-,27?/m0/s1. The van der Waals surface area contributed by atoms with Crippen molar-refractivity contribution in [3.63, 3.8) is 0 Å². The van der Waals surface area contributed by atoms with E-state index in [0.29, 0.717) is 71.5 Å². The third-order valence-corrected chi connectivity index (χ3v) is 9.25. The Morgan fingerprint density at radius 3 is 2.77 bits per heavy atom. The lowest BCUT2D eigenvalue weighted by Gasteiger charge is -2.36. The molecule has 0 saturated carbocycles. The smallest absolute Gasteiger partial charge is 0.338 e. The number of ether oxygens (including phenoxy) is 1. The lowest BCUT2D eigenvalue weighted by Crippen LogP contribution is -2.45. The Kier molecular flexibility index (Phi) is 8.28. The molecule has 2 aromatic carbocycles. The van der Waals surface area contributed by atoms with Gasteiger partial charge < -0.3 is 20.1 Å². The summed E-state index contributed by atoms with van der Waals surface area (Å²) in [6.45, 7) is 5.62. The molecule has 12 heteroatoms. The molecule has 1 amide bonds. The molecule has 2 fully saturated rings.